The third-order valence-corrected chi connectivity index (χ3v) is 4.32. The van der Waals surface area contributed by atoms with E-state index < -0.39 is 0 Å². The molecule has 0 bridgehead atoms. The van der Waals surface area contributed by atoms with Crippen LogP contribution in [0.15, 0.2) is 65.2 Å². The number of nitrogens with zero attached hydrogens (tertiary/aromatic N) is 2. The van der Waals surface area contributed by atoms with Crippen LogP contribution in [0.5, 0.6) is 5.75 Å². The van der Waals surface area contributed by atoms with Gasteiger partial charge in [-0.2, -0.15) is 5.10 Å². The van der Waals surface area contributed by atoms with Crippen LogP contribution in [0.25, 0.3) is 22.0 Å². The van der Waals surface area contributed by atoms with Crippen LogP contribution < -0.4 is 10.1 Å². The summed E-state index contributed by atoms with van der Waals surface area (Å²) in [4.78, 5) is 11.6. The molecule has 6 heteroatoms. The van der Waals surface area contributed by atoms with Crippen molar-refractivity contribution in [2.75, 3.05) is 7.05 Å². The van der Waals surface area contributed by atoms with Crippen molar-refractivity contribution < 1.29 is 13.9 Å². The molecular formula is C21H19N3O3. The van der Waals surface area contributed by atoms with E-state index in [4.69, 9.17) is 9.15 Å². The largest absolute Gasteiger partial charge is 0.486 e. The normalized spacial score (nSPS) is 10.9. The van der Waals surface area contributed by atoms with Gasteiger partial charge in [0.1, 0.15) is 18.1 Å². The van der Waals surface area contributed by atoms with E-state index in [0.717, 1.165) is 22.0 Å². The first-order valence-corrected chi connectivity index (χ1v) is 8.60. The third kappa shape index (κ3) is 3.42. The van der Waals surface area contributed by atoms with Crippen molar-refractivity contribution in [3.05, 3.63) is 72.3 Å². The fourth-order valence-corrected chi connectivity index (χ4v) is 2.99. The third-order valence-electron chi connectivity index (χ3n) is 4.32. The Morgan fingerprint density at radius 1 is 1.19 bits per heavy atom. The lowest BCUT2D eigenvalue weighted by atomic mass is 10.0. The Kier molecular flexibility index (Phi) is 4.38. The topological polar surface area (TPSA) is 69.3 Å². The molecule has 136 valence electrons. The van der Waals surface area contributed by atoms with Crippen molar-refractivity contribution in [3.63, 3.8) is 0 Å². The maximum atomic E-state index is 11.6. The summed E-state index contributed by atoms with van der Waals surface area (Å²) in [6.07, 6.45) is 1.92. The number of nitrogens with one attached hydrogen (secondary N) is 1. The van der Waals surface area contributed by atoms with Crippen molar-refractivity contribution in [2.24, 2.45) is 7.05 Å². The van der Waals surface area contributed by atoms with Crippen molar-refractivity contribution in [2.45, 2.75) is 6.61 Å². The molecule has 2 aromatic heterocycles. The Labute approximate surface area is 156 Å². The molecule has 0 saturated carbocycles. The first-order valence-electron chi connectivity index (χ1n) is 8.60. The molecule has 6 nitrogen and oxygen atoms in total. The second-order valence-electron chi connectivity index (χ2n) is 6.20. The quantitative estimate of drug-likeness (QED) is 0.587. The summed E-state index contributed by atoms with van der Waals surface area (Å²) in [5.74, 6) is 1.31. The summed E-state index contributed by atoms with van der Waals surface area (Å²) in [5.41, 5.74) is 1.90. The van der Waals surface area contributed by atoms with Gasteiger partial charge in [-0.3, -0.25) is 9.48 Å². The lowest BCUT2D eigenvalue weighted by Gasteiger charge is -2.10. The van der Waals surface area contributed by atoms with Gasteiger partial charge in [0.25, 0.3) is 5.91 Å². The fraction of sp³-hybridized carbons (Fsp3) is 0.143. The number of fused-ring (bicyclic) bond motifs is 1. The minimum Gasteiger partial charge on any atom is -0.486 e. The van der Waals surface area contributed by atoms with Crippen molar-refractivity contribution in [1.29, 1.82) is 0 Å². The van der Waals surface area contributed by atoms with Crippen LogP contribution in [-0.2, 0) is 13.7 Å². The predicted octanol–water partition coefficient (Wildman–Crippen LogP) is 3.77. The molecule has 1 N–H and O–H groups in total. The lowest BCUT2D eigenvalue weighted by Crippen LogP contribution is -2.16. The second kappa shape index (κ2) is 6.99. The first kappa shape index (κ1) is 16.9. The molecule has 27 heavy (non-hydrogen) atoms. The van der Waals surface area contributed by atoms with E-state index in [1.165, 1.54) is 0 Å². The number of aromatic nitrogens is 2. The Morgan fingerprint density at radius 2 is 2.04 bits per heavy atom. The molecule has 0 atom stereocenters. The zero-order chi connectivity index (χ0) is 18.8. The van der Waals surface area contributed by atoms with Crippen LogP contribution in [0.1, 0.15) is 16.3 Å². The Balaban J connectivity index is 1.64. The number of carbonyl (C=O) groups excluding carboxylic acids is 1. The van der Waals surface area contributed by atoms with Crippen LogP contribution in [0.3, 0.4) is 0 Å². The van der Waals surface area contributed by atoms with Gasteiger partial charge in [-0.05, 0) is 41.1 Å². The maximum Gasteiger partial charge on any atom is 0.286 e. The molecule has 0 fully saturated rings. The van der Waals surface area contributed by atoms with Gasteiger partial charge in [-0.15, -0.1) is 0 Å². The van der Waals surface area contributed by atoms with Crippen molar-refractivity contribution in [3.8, 4) is 17.0 Å². The summed E-state index contributed by atoms with van der Waals surface area (Å²) >= 11 is 0. The maximum absolute atomic E-state index is 11.6. The molecule has 0 radical (unpaired) electrons. The van der Waals surface area contributed by atoms with Gasteiger partial charge in [0, 0.05) is 25.9 Å². The van der Waals surface area contributed by atoms with Crippen LogP contribution in [0, 0.1) is 0 Å². The molecule has 2 aromatic carbocycles. The molecule has 4 rings (SSSR count). The van der Waals surface area contributed by atoms with Gasteiger partial charge in [0.05, 0.1) is 5.69 Å². The van der Waals surface area contributed by atoms with Gasteiger partial charge in [0.15, 0.2) is 5.76 Å². The average Bonchev–Trinajstić information content (AvgIpc) is 3.34. The summed E-state index contributed by atoms with van der Waals surface area (Å²) in [6, 6.07) is 17.5. The number of amides is 1. The number of hydrogen-bond acceptors (Lipinski definition) is 4. The Morgan fingerprint density at radius 3 is 2.81 bits per heavy atom. The minimum atomic E-state index is -0.260. The van der Waals surface area contributed by atoms with Crippen LogP contribution in [-0.4, -0.2) is 22.7 Å². The molecule has 0 unspecified atom stereocenters. The molecule has 0 aliphatic rings. The SMILES string of the molecule is CNC(=O)c1ccc(COc2cc(-c3ccn(C)n3)c3ccccc3c2)o1. The van der Waals surface area contributed by atoms with E-state index in [2.05, 4.69) is 16.5 Å². The predicted molar refractivity (Wildman–Crippen MR) is 103 cm³/mol. The van der Waals surface area contributed by atoms with E-state index in [0.29, 0.717) is 11.5 Å². The molecule has 0 aliphatic carbocycles. The highest BCUT2D eigenvalue weighted by atomic mass is 16.5. The molecule has 4 aromatic rings. The number of aryl methyl sites for hydroxylation is 1. The Hall–Kier alpha value is -3.54. The van der Waals surface area contributed by atoms with E-state index in [1.54, 1.807) is 23.9 Å². The first-order chi connectivity index (χ1) is 13.1. The number of rotatable bonds is 5. The van der Waals surface area contributed by atoms with E-state index in [-0.39, 0.29) is 18.3 Å². The number of carbonyl (C=O) groups is 1. The van der Waals surface area contributed by atoms with Crippen molar-refractivity contribution >= 4 is 16.7 Å². The number of benzene rings is 2. The molecular weight excluding hydrogens is 342 g/mol. The van der Waals surface area contributed by atoms with Crippen molar-refractivity contribution in [1.82, 2.24) is 15.1 Å². The van der Waals surface area contributed by atoms with E-state index in [9.17, 15) is 4.79 Å². The lowest BCUT2D eigenvalue weighted by molar-refractivity contribution is 0.0931. The average molecular weight is 361 g/mol. The highest BCUT2D eigenvalue weighted by Gasteiger charge is 2.12. The van der Waals surface area contributed by atoms with Gasteiger partial charge in [-0.1, -0.05) is 24.3 Å². The number of hydrogen-bond donors (Lipinski definition) is 1. The summed E-state index contributed by atoms with van der Waals surface area (Å²) < 4.78 is 13.2. The van der Waals surface area contributed by atoms with E-state index in [1.807, 2.05) is 49.6 Å². The van der Waals surface area contributed by atoms with Gasteiger partial charge >= 0.3 is 0 Å². The van der Waals surface area contributed by atoms with E-state index >= 15 is 0 Å². The molecule has 2 heterocycles. The highest BCUT2D eigenvalue weighted by molar-refractivity contribution is 5.97. The zero-order valence-corrected chi connectivity index (χ0v) is 15.1. The molecule has 0 saturated heterocycles. The monoisotopic (exact) mass is 361 g/mol. The van der Waals surface area contributed by atoms with Gasteiger partial charge in [0.2, 0.25) is 0 Å². The standard InChI is InChI=1S/C21H19N3O3/c1-22-21(25)20-8-7-15(27-20)13-26-16-11-14-5-3-4-6-17(14)18(12-16)19-9-10-24(2)23-19/h3-12H,13H2,1-2H3,(H,22,25). The second-order valence-corrected chi connectivity index (χ2v) is 6.20. The summed E-state index contributed by atoms with van der Waals surface area (Å²) in [7, 11) is 3.46. The minimum absolute atomic E-state index is 0.233. The number of ether oxygens (including phenoxy) is 1. The summed E-state index contributed by atoms with van der Waals surface area (Å²) in [6.45, 7) is 0.233. The summed E-state index contributed by atoms with van der Waals surface area (Å²) in [5, 5.41) is 9.24. The van der Waals surface area contributed by atoms with Gasteiger partial charge in [-0.25, -0.2) is 0 Å². The molecule has 1 amide bonds. The van der Waals surface area contributed by atoms with Gasteiger partial charge < -0.3 is 14.5 Å². The zero-order valence-electron chi connectivity index (χ0n) is 15.1. The van der Waals surface area contributed by atoms with Crippen LogP contribution in [0.4, 0.5) is 0 Å². The molecule has 0 spiro atoms. The Bertz CT molecular complexity index is 1110. The fourth-order valence-electron chi connectivity index (χ4n) is 2.99. The number of furan rings is 1. The molecule has 0 aliphatic heterocycles. The van der Waals surface area contributed by atoms with Crippen LogP contribution in [0.2, 0.25) is 0 Å². The highest BCUT2D eigenvalue weighted by Crippen LogP contribution is 2.32. The van der Waals surface area contributed by atoms with Crippen LogP contribution >= 0.6 is 0 Å². The smallest absolute Gasteiger partial charge is 0.286 e.